The first-order chi connectivity index (χ1) is 8.75. The lowest BCUT2D eigenvalue weighted by atomic mass is 10.1. The minimum atomic E-state index is 0.129. The van der Waals surface area contributed by atoms with Crippen LogP contribution in [-0.4, -0.2) is 16.2 Å². The van der Waals surface area contributed by atoms with Crippen molar-refractivity contribution >= 4 is 11.6 Å². The Morgan fingerprint density at radius 2 is 2.11 bits per heavy atom. The largest absolute Gasteiger partial charge is 0.339 e. The van der Waals surface area contributed by atoms with Gasteiger partial charge in [-0.2, -0.15) is 4.98 Å². The van der Waals surface area contributed by atoms with Crippen LogP contribution in [0, 0.1) is 0 Å². The van der Waals surface area contributed by atoms with Gasteiger partial charge in [-0.25, -0.2) is 0 Å². The monoisotopic (exact) mass is 263 g/mol. The molecule has 1 fully saturated rings. The summed E-state index contributed by atoms with van der Waals surface area (Å²) in [7, 11) is 0. The van der Waals surface area contributed by atoms with Gasteiger partial charge < -0.3 is 10.3 Å². The zero-order valence-corrected chi connectivity index (χ0v) is 10.6. The zero-order valence-electron chi connectivity index (χ0n) is 9.84. The molecule has 0 spiro atoms. The van der Waals surface area contributed by atoms with Gasteiger partial charge in [0.05, 0.1) is 10.9 Å². The minimum absolute atomic E-state index is 0.129. The molecule has 0 aliphatic heterocycles. The van der Waals surface area contributed by atoms with E-state index in [9.17, 15) is 0 Å². The molecule has 2 N–H and O–H groups in total. The highest BCUT2D eigenvalue weighted by Gasteiger charge is 2.30. The highest BCUT2D eigenvalue weighted by Crippen LogP contribution is 2.34. The number of halogens is 1. The number of aromatic nitrogens is 2. The molecular weight excluding hydrogens is 250 g/mol. The predicted molar refractivity (Wildman–Crippen MR) is 69.3 cm³/mol. The van der Waals surface area contributed by atoms with E-state index in [1.807, 2.05) is 24.3 Å². The van der Waals surface area contributed by atoms with Crippen LogP contribution in [0.15, 0.2) is 28.8 Å². The van der Waals surface area contributed by atoms with Crippen LogP contribution >= 0.6 is 11.6 Å². The Hall–Kier alpha value is -1.39. The third kappa shape index (κ3) is 2.02. The smallest absolute Gasteiger partial charge is 0.231 e. The maximum Gasteiger partial charge on any atom is 0.231 e. The van der Waals surface area contributed by atoms with Crippen molar-refractivity contribution in [1.29, 1.82) is 0 Å². The van der Waals surface area contributed by atoms with Gasteiger partial charge in [-0.3, -0.25) is 0 Å². The van der Waals surface area contributed by atoms with Crippen LogP contribution in [-0.2, 0) is 0 Å². The van der Waals surface area contributed by atoms with Crippen LogP contribution in [0.1, 0.15) is 31.1 Å². The molecule has 2 unspecified atom stereocenters. The van der Waals surface area contributed by atoms with Gasteiger partial charge in [0, 0.05) is 11.6 Å². The molecule has 2 atom stereocenters. The molecule has 3 rings (SSSR count). The molecule has 18 heavy (non-hydrogen) atoms. The fourth-order valence-electron chi connectivity index (χ4n) is 2.43. The molecule has 5 heteroatoms. The normalized spacial score (nSPS) is 23.4. The van der Waals surface area contributed by atoms with Crippen LogP contribution in [0.5, 0.6) is 0 Å². The molecule has 1 heterocycles. The Balaban J connectivity index is 1.92. The topological polar surface area (TPSA) is 64.9 Å². The van der Waals surface area contributed by atoms with Gasteiger partial charge in [-0.1, -0.05) is 35.3 Å². The Bertz CT molecular complexity index is 555. The number of nitrogens with two attached hydrogens (primary N) is 1. The summed E-state index contributed by atoms with van der Waals surface area (Å²) < 4.78 is 5.33. The maximum atomic E-state index is 6.11. The molecule has 1 aromatic heterocycles. The molecule has 0 amide bonds. The molecular formula is C13H14ClN3O. The molecule has 1 aliphatic rings. The Labute approximate surface area is 110 Å². The van der Waals surface area contributed by atoms with E-state index in [0.29, 0.717) is 16.7 Å². The van der Waals surface area contributed by atoms with Crippen molar-refractivity contribution < 1.29 is 4.52 Å². The summed E-state index contributed by atoms with van der Waals surface area (Å²) in [6, 6.07) is 7.60. The first-order valence-corrected chi connectivity index (χ1v) is 6.47. The minimum Gasteiger partial charge on any atom is -0.339 e. The summed E-state index contributed by atoms with van der Waals surface area (Å²) in [6.07, 6.45) is 3.16. The number of benzene rings is 1. The van der Waals surface area contributed by atoms with Gasteiger partial charge in [0.2, 0.25) is 11.7 Å². The molecule has 1 aliphatic carbocycles. The maximum absolute atomic E-state index is 6.11. The third-order valence-electron chi connectivity index (χ3n) is 3.44. The van der Waals surface area contributed by atoms with Crippen LogP contribution < -0.4 is 5.73 Å². The van der Waals surface area contributed by atoms with Gasteiger partial charge >= 0.3 is 0 Å². The molecule has 1 saturated carbocycles. The Morgan fingerprint density at radius 3 is 2.83 bits per heavy atom. The summed E-state index contributed by atoms with van der Waals surface area (Å²) in [5, 5.41) is 4.63. The van der Waals surface area contributed by atoms with Crippen molar-refractivity contribution in [2.45, 2.75) is 31.2 Å². The molecule has 2 aromatic rings. The summed E-state index contributed by atoms with van der Waals surface area (Å²) >= 11 is 6.11. The van der Waals surface area contributed by atoms with Crippen LogP contribution in [0.3, 0.4) is 0 Å². The van der Waals surface area contributed by atoms with Gasteiger partial charge in [-0.15, -0.1) is 0 Å². The first kappa shape index (κ1) is 11.7. The number of hydrogen-bond acceptors (Lipinski definition) is 4. The van der Waals surface area contributed by atoms with E-state index < -0.39 is 0 Å². The zero-order chi connectivity index (χ0) is 12.5. The molecule has 0 bridgehead atoms. The quantitative estimate of drug-likeness (QED) is 0.905. The summed E-state index contributed by atoms with van der Waals surface area (Å²) in [4.78, 5) is 4.43. The van der Waals surface area contributed by atoms with E-state index in [1.165, 1.54) is 0 Å². The number of rotatable bonds is 2. The van der Waals surface area contributed by atoms with Gasteiger partial charge in [-0.05, 0) is 25.0 Å². The fourth-order valence-corrected chi connectivity index (χ4v) is 2.65. The lowest BCUT2D eigenvalue weighted by Crippen LogP contribution is -2.22. The van der Waals surface area contributed by atoms with Crippen molar-refractivity contribution in [2.24, 2.45) is 5.73 Å². The standard InChI is InChI=1S/C13H14ClN3O/c14-10-6-2-1-4-8(10)12-16-13(18-17-12)9-5-3-7-11(9)15/h1-2,4,6,9,11H,3,5,7,15H2. The van der Waals surface area contributed by atoms with E-state index >= 15 is 0 Å². The third-order valence-corrected chi connectivity index (χ3v) is 3.77. The van der Waals surface area contributed by atoms with E-state index in [0.717, 1.165) is 24.8 Å². The number of hydrogen-bond donors (Lipinski definition) is 1. The fraction of sp³-hybridized carbons (Fsp3) is 0.385. The number of nitrogens with zero attached hydrogens (tertiary/aromatic N) is 2. The van der Waals surface area contributed by atoms with Gasteiger partial charge in [0.15, 0.2) is 0 Å². The Morgan fingerprint density at radius 1 is 1.28 bits per heavy atom. The van der Waals surface area contributed by atoms with E-state index in [-0.39, 0.29) is 12.0 Å². The van der Waals surface area contributed by atoms with Crippen LogP contribution in [0.25, 0.3) is 11.4 Å². The summed E-state index contributed by atoms with van der Waals surface area (Å²) in [6.45, 7) is 0. The molecule has 0 saturated heterocycles. The predicted octanol–water partition coefficient (Wildman–Crippen LogP) is 2.98. The molecule has 4 nitrogen and oxygen atoms in total. The first-order valence-electron chi connectivity index (χ1n) is 6.10. The van der Waals surface area contributed by atoms with Gasteiger partial charge in [0.25, 0.3) is 0 Å². The second-order valence-electron chi connectivity index (χ2n) is 4.64. The van der Waals surface area contributed by atoms with Crippen molar-refractivity contribution in [3.05, 3.63) is 35.2 Å². The van der Waals surface area contributed by atoms with Crippen LogP contribution in [0.4, 0.5) is 0 Å². The van der Waals surface area contributed by atoms with Crippen LogP contribution in [0.2, 0.25) is 5.02 Å². The van der Waals surface area contributed by atoms with Crippen molar-refractivity contribution in [2.75, 3.05) is 0 Å². The molecule has 94 valence electrons. The van der Waals surface area contributed by atoms with E-state index in [2.05, 4.69) is 10.1 Å². The lowest BCUT2D eigenvalue weighted by molar-refractivity contribution is 0.345. The van der Waals surface area contributed by atoms with Gasteiger partial charge in [0.1, 0.15) is 0 Å². The SMILES string of the molecule is NC1CCCC1c1nc(-c2ccccc2Cl)no1. The van der Waals surface area contributed by atoms with E-state index in [1.54, 1.807) is 0 Å². The second kappa shape index (κ2) is 4.71. The highest BCUT2D eigenvalue weighted by molar-refractivity contribution is 6.33. The van der Waals surface area contributed by atoms with E-state index in [4.69, 9.17) is 21.9 Å². The summed E-state index contributed by atoms with van der Waals surface area (Å²) in [5.74, 6) is 1.36. The summed E-state index contributed by atoms with van der Waals surface area (Å²) in [5.41, 5.74) is 6.83. The van der Waals surface area contributed by atoms with Crippen molar-refractivity contribution in [3.63, 3.8) is 0 Å². The Kier molecular flexibility index (Phi) is 3.06. The second-order valence-corrected chi connectivity index (χ2v) is 5.04. The average molecular weight is 264 g/mol. The lowest BCUT2D eigenvalue weighted by Gasteiger charge is -2.08. The van der Waals surface area contributed by atoms with Crippen molar-refractivity contribution in [1.82, 2.24) is 10.1 Å². The van der Waals surface area contributed by atoms with Crippen molar-refractivity contribution in [3.8, 4) is 11.4 Å². The highest BCUT2D eigenvalue weighted by atomic mass is 35.5. The molecule has 1 aromatic carbocycles. The average Bonchev–Trinajstić information content (AvgIpc) is 2.98. The molecule has 0 radical (unpaired) electrons.